The molecule has 0 unspecified atom stereocenters. The second-order valence-electron chi connectivity index (χ2n) is 3.97. The maximum atomic E-state index is 11.6. The van der Waals surface area contributed by atoms with Crippen molar-refractivity contribution >= 4 is 27.0 Å². The molecule has 1 aromatic heterocycles. The van der Waals surface area contributed by atoms with Gasteiger partial charge in [0.05, 0.1) is 11.4 Å². The molecule has 0 aliphatic carbocycles. The number of sulfonamides is 1. The molecule has 0 spiro atoms. The second kappa shape index (κ2) is 5.68. The van der Waals surface area contributed by atoms with Gasteiger partial charge < -0.3 is 5.32 Å². The van der Waals surface area contributed by atoms with Gasteiger partial charge in [-0.25, -0.2) is 18.1 Å². The maximum absolute atomic E-state index is 11.6. The standard InChI is InChI=1S/C12H15N3O2S2/c1-9-8-18-12(15-9)7-14-10-3-5-11(6-4-10)19(16,17)13-2/h3-6,8,13-14H,7H2,1-2H3. The number of aromatic nitrogens is 1. The number of hydrogen-bond donors (Lipinski definition) is 2. The molecule has 0 amide bonds. The summed E-state index contributed by atoms with van der Waals surface area (Å²) in [6.45, 7) is 2.59. The van der Waals surface area contributed by atoms with Gasteiger partial charge in [-0.3, -0.25) is 0 Å². The van der Waals surface area contributed by atoms with E-state index in [0.717, 1.165) is 16.4 Å². The van der Waals surface area contributed by atoms with E-state index in [0.29, 0.717) is 6.54 Å². The summed E-state index contributed by atoms with van der Waals surface area (Å²) in [7, 11) is -1.97. The molecule has 0 fully saturated rings. The van der Waals surface area contributed by atoms with Crippen LogP contribution in [0.1, 0.15) is 10.7 Å². The van der Waals surface area contributed by atoms with Crippen LogP contribution < -0.4 is 10.0 Å². The summed E-state index contributed by atoms with van der Waals surface area (Å²) in [5.41, 5.74) is 1.88. The third kappa shape index (κ3) is 3.52. The molecular weight excluding hydrogens is 282 g/mol. The van der Waals surface area contributed by atoms with Gasteiger partial charge in [0.1, 0.15) is 5.01 Å². The van der Waals surface area contributed by atoms with Crippen molar-refractivity contribution in [3.8, 4) is 0 Å². The Morgan fingerprint density at radius 3 is 2.47 bits per heavy atom. The molecule has 19 heavy (non-hydrogen) atoms. The van der Waals surface area contributed by atoms with Crippen molar-refractivity contribution in [3.63, 3.8) is 0 Å². The van der Waals surface area contributed by atoms with E-state index >= 15 is 0 Å². The second-order valence-corrected chi connectivity index (χ2v) is 6.80. The van der Waals surface area contributed by atoms with Gasteiger partial charge in [0.15, 0.2) is 0 Å². The molecule has 102 valence electrons. The minimum absolute atomic E-state index is 0.255. The first-order valence-electron chi connectivity index (χ1n) is 5.70. The van der Waals surface area contributed by atoms with E-state index in [4.69, 9.17) is 0 Å². The van der Waals surface area contributed by atoms with Crippen molar-refractivity contribution in [1.29, 1.82) is 0 Å². The Morgan fingerprint density at radius 2 is 1.95 bits per heavy atom. The number of nitrogens with one attached hydrogen (secondary N) is 2. The Bertz CT molecular complexity index is 648. The van der Waals surface area contributed by atoms with Gasteiger partial charge in [0.25, 0.3) is 0 Å². The average molecular weight is 297 g/mol. The summed E-state index contributed by atoms with van der Waals surface area (Å²) in [6.07, 6.45) is 0. The summed E-state index contributed by atoms with van der Waals surface area (Å²) < 4.78 is 25.4. The number of thiazole rings is 1. The number of rotatable bonds is 5. The molecule has 0 aliphatic heterocycles. The molecule has 1 aromatic carbocycles. The topological polar surface area (TPSA) is 71.1 Å². The van der Waals surface area contributed by atoms with E-state index in [1.807, 2.05) is 12.3 Å². The van der Waals surface area contributed by atoms with Gasteiger partial charge in [0.2, 0.25) is 10.0 Å². The van der Waals surface area contributed by atoms with Crippen LogP contribution >= 0.6 is 11.3 Å². The molecule has 7 heteroatoms. The zero-order chi connectivity index (χ0) is 13.9. The van der Waals surface area contributed by atoms with E-state index < -0.39 is 10.0 Å². The minimum Gasteiger partial charge on any atom is -0.379 e. The van der Waals surface area contributed by atoms with Crippen LogP contribution in [0, 0.1) is 6.92 Å². The lowest BCUT2D eigenvalue weighted by Gasteiger charge is -2.06. The summed E-state index contributed by atoms with van der Waals surface area (Å²) >= 11 is 1.60. The Kier molecular flexibility index (Phi) is 4.18. The Labute approximate surface area is 116 Å². The first-order valence-corrected chi connectivity index (χ1v) is 8.06. The summed E-state index contributed by atoms with van der Waals surface area (Å²) in [5.74, 6) is 0. The summed E-state index contributed by atoms with van der Waals surface area (Å²) in [5, 5.41) is 6.21. The van der Waals surface area contributed by atoms with E-state index in [1.54, 1.807) is 35.6 Å². The normalized spacial score (nSPS) is 11.5. The SMILES string of the molecule is CNS(=O)(=O)c1ccc(NCc2nc(C)cs2)cc1. The van der Waals surface area contributed by atoms with Gasteiger partial charge in [-0.15, -0.1) is 11.3 Å². The fourth-order valence-corrected chi connectivity index (χ4v) is 2.97. The first-order chi connectivity index (χ1) is 9.01. The van der Waals surface area contributed by atoms with Gasteiger partial charge in [0, 0.05) is 16.8 Å². The predicted octanol–water partition coefficient (Wildman–Crippen LogP) is 1.97. The highest BCUT2D eigenvalue weighted by molar-refractivity contribution is 7.89. The third-order valence-electron chi connectivity index (χ3n) is 2.54. The molecule has 5 nitrogen and oxygen atoms in total. The molecular formula is C12H15N3O2S2. The number of nitrogens with zero attached hydrogens (tertiary/aromatic N) is 1. The highest BCUT2D eigenvalue weighted by Gasteiger charge is 2.10. The van der Waals surface area contributed by atoms with Gasteiger partial charge in [-0.2, -0.15) is 0 Å². The molecule has 0 atom stereocenters. The molecule has 0 saturated heterocycles. The quantitative estimate of drug-likeness (QED) is 0.885. The molecule has 0 radical (unpaired) electrons. The first kappa shape index (κ1) is 14.0. The van der Waals surface area contributed by atoms with Gasteiger partial charge in [-0.1, -0.05) is 0 Å². The van der Waals surface area contributed by atoms with E-state index in [1.165, 1.54) is 7.05 Å². The molecule has 1 heterocycles. The number of aryl methyl sites for hydroxylation is 1. The lowest BCUT2D eigenvalue weighted by atomic mass is 10.3. The predicted molar refractivity (Wildman–Crippen MR) is 76.9 cm³/mol. The van der Waals surface area contributed by atoms with Gasteiger partial charge >= 0.3 is 0 Å². The lowest BCUT2D eigenvalue weighted by molar-refractivity contribution is 0.588. The summed E-state index contributed by atoms with van der Waals surface area (Å²) in [6, 6.07) is 6.62. The van der Waals surface area contributed by atoms with E-state index in [9.17, 15) is 8.42 Å². The molecule has 0 bridgehead atoms. The van der Waals surface area contributed by atoms with Crippen LogP contribution in [-0.4, -0.2) is 20.4 Å². The van der Waals surface area contributed by atoms with Crippen LogP contribution in [0.25, 0.3) is 0 Å². The van der Waals surface area contributed by atoms with Crippen molar-refractivity contribution in [2.75, 3.05) is 12.4 Å². The van der Waals surface area contributed by atoms with E-state index in [-0.39, 0.29) is 4.90 Å². The average Bonchev–Trinajstić information content (AvgIpc) is 2.83. The maximum Gasteiger partial charge on any atom is 0.240 e. The number of anilines is 1. The number of benzene rings is 1. The van der Waals surface area contributed by atoms with E-state index in [2.05, 4.69) is 15.0 Å². The fourth-order valence-electron chi connectivity index (χ4n) is 1.53. The Morgan fingerprint density at radius 1 is 1.26 bits per heavy atom. The molecule has 2 aromatic rings. The Hall–Kier alpha value is -1.44. The lowest BCUT2D eigenvalue weighted by Crippen LogP contribution is -2.18. The third-order valence-corrected chi connectivity index (χ3v) is 4.94. The van der Waals surface area contributed by atoms with Gasteiger partial charge in [-0.05, 0) is 38.2 Å². The monoisotopic (exact) mass is 297 g/mol. The van der Waals surface area contributed by atoms with Crippen LogP contribution in [0.3, 0.4) is 0 Å². The van der Waals surface area contributed by atoms with Crippen molar-refractivity contribution in [3.05, 3.63) is 40.3 Å². The largest absolute Gasteiger partial charge is 0.379 e. The highest BCUT2D eigenvalue weighted by atomic mass is 32.2. The summed E-state index contributed by atoms with van der Waals surface area (Å²) in [4.78, 5) is 4.60. The van der Waals surface area contributed by atoms with Crippen molar-refractivity contribution < 1.29 is 8.42 Å². The number of hydrogen-bond acceptors (Lipinski definition) is 5. The highest BCUT2D eigenvalue weighted by Crippen LogP contribution is 2.15. The van der Waals surface area contributed by atoms with Crippen molar-refractivity contribution in [2.24, 2.45) is 0 Å². The minimum atomic E-state index is -3.37. The van der Waals surface area contributed by atoms with Crippen LogP contribution in [0.15, 0.2) is 34.5 Å². The van der Waals surface area contributed by atoms with Crippen LogP contribution in [0.5, 0.6) is 0 Å². The van der Waals surface area contributed by atoms with Crippen molar-refractivity contribution in [2.45, 2.75) is 18.4 Å². The smallest absolute Gasteiger partial charge is 0.240 e. The van der Waals surface area contributed by atoms with Crippen LogP contribution in [-0.2, 0) is 16.6 Å². The van der Waals surface area contributed by atoms with Crippen molar-refractivity contribution in [1.82, 2.24) is 9.71 Å². The van der Waals surface area contributed by atoms with Crippen LogP contribution in [0.4, 0.5) is 5.69 Å². The van der Waals surface area contributed by atoms with Crippen LogP contribution in [0.2, 0.25) is 0 Å². The molecule has 2 N–H and O–H groups in total. The zero-order valence-electron chi connectivity index (χ0n) is 10.7. The molecule has 0 saturated carbocycles. The fraction of sp³-hybridized carbons (Fsp3) is 0.250. The molecule has 0 aliphatic rings. The zero-order valence-corrected chi connectivity index (χ0v) is 12.3. The Balaban J connectivity index is 2.03. The molecule has 2 rings (SSSR count).